The van der Waals surface area contributed by atoms with E-state index in [1.165, 1.54) is 0 Å². The Kier molecular flexibility index (Phi) is 7.51. The van der Waals surface area contributed by atoms with Gasteiger partial charge in [-0.05, 0) is 30.6 Å². The van der Waals surface area contributed by atoms with Crippen LogP contribution in [0.2, 0.25) is 0 Å². The number of hydrogen-bond donors (Lipinski definition) is 3. The molecule has 3 rings (SSSR count). The van der Waals surface area contributed by atoms with Crippen LogP contribution in [0, 0.1) is 0 Å². The average molecular weight is 424 g/mol. The van der Waals surface area contributed by atoms with Crippen molar-refractivity contribution in [2.75, 3.05) is 12.0 Å². The van der Waals surface area contributed by atoms with Gasteiger partial charge in [0.05, 0.1) is 11.4 Å². The predicted molar refractivity (Wildman–Crippen MR) is 120 cm³/mol. The molecule has 0 aliphatic heterocycles. The molecule has 7 nitrogen and oxygen atoms in total. The van der Waals surface area contributed by atoms with Crippen LogP contribution in [0.15, 0.2) is 66.9 Å². The molecule has 0 aliphatic carbocycles. The Labute approximate surface area is 180 Å². The van der Waals surface area contributed by atoms with Crippen molar-refractivity contribution < 1.29 is 9.59 Å². The summed E-state index contributed by atoms with van der Waals surface area (Å²) in [6.45, 7) is 0.284. The maximum atomic E-state index is 12.7. The van der Waals surface area contributed by atoms with Gasteiger partial charge in [-0.1, -0.05) is 48.5 Å². The van der Waals surface area contributed by atoms with Gasteiger partial charge >= 0.3 is 6.03 Å². The van der Waals surface area contributed by atoms with Crippen molar-refractivity contribution in [2.45, 2.75) is 19.0 Å². The number of urea groups is 1. The van der Waals surface area contributed by atoms with E-state index in [2.05, 4.69) is 10.6 Å². The monoisotopic (exact) mass is 423 g/mol. The number of carbonyl (C=O) groups is 2. The highest BCUT2D eigenvalue weighted by molar-refractivity contribution is 7.98. The zero-order valence-electron chi connectivity index (χ0n) is 16.7. The van der Waals surface area contributed by atoms with Crippen molar-refractivity contribution in [3.63, 3.8) is 0 Å². The molecule has 0 bridgehead atoms. The number of benzene rings is 2. The van der Waals surface area contributed by atoms with E-state index in [1.54, 1.807) is 16.4 Å². The van der Waals surface area contributed by atoms with Gasteiger partial charge in [0.2, 0.25) is 5.91 Å². The lowest BCUT2D eigenvalue weighted by Gasteiger charge is -2.16. The number of carbonyl (C=O) groups excluding carboxylic acids is 2. The van der Waals surface area contributed by atoms with Crippen LogP contribution in [0.5, 0.6) is 0 Å². The number of nitrogens with zero attached hydrogens (tertiary/aromatic N) is 2. The zero-order chi connectivity index (χ0) is 21.3. The van der Waals surface area contributed by atoms with Crippen molar-refractivity contribution in [1.29, 1.82) is 0 Å². The van der Waals surface area contributed by atoms with E-state index in [1.807, 2.05) is 73.1 Å². The highest BCUT2D eigenvalue weighted by atomic mass is 32.2. The number of nitrogens with one attached hydrogen (secondary N) is 2. The summed E-state index contributed by atoms with van der Waals surface area (Å²) in [5.74, 6) is 0.467. The number of hydrogen-bond acceptors (Lipinski definition) is 4. The van der Waals surface area contributed by atoms with Gasteiger partial charge in [0.1, 0.15) is 6.04 Å². The first-order chi connectivity index (χ1) is 14.6. The number of primary amides is 1. The van der Waals surface area contributed by atoms with Gasteiger partial charge in [-0.25, -0.2) is 9.48 Å². The summed E-state index contributed by atoms with van der Waals surface area (Å²) >= 11 is 1.60. The number of amides is 3. The molecule has 156 valence electrons. The molecule has 1 atom stereocenters. The van der Waals surface area contributed by atoms with E-state index in [4.69, 9.17) is 10.8 Å². The number of aromatic nitrogens is 2. The van der Waals surface area contributed by atoms with Gasteiger partial charge in [-0.3, -0.25) is 4.79 Å². The maximum absolute atomic E-state index is 12.7. The van der Waals surface area contributed by atoms with Gasteiger partial charge < -0.3 is 16.4 Å². The van der Waals surface area contributed by atoms with Gasteiger partial charge in [0.15, 0.2) is 0 Å². The Morgan fingerprint density at radius 1 is 1.10 bits per heavy atom. The molecule has 3 aromatic rings. The summed E-state index contributed by atoms with van der Waals surface area (Å²) in [4.78, 5) is 23.9. The van der Waals surface area contributed by atoms with Crippen LogP contribution < -0.4 is 16.4 Å². The Morgan fingerprint density at radius 2 is 1.77 bits per heavy atom. The number of rotatable bonds is 9. The second-order valence-electron chi connectivity index (χ2n) is 6.71. The minimum Gasteiger partial charge on any atom is -0.352 e. The number of para-hydroxylation sites is 1. The standard InChI is InChI=1S/C22H25N5O2S/c1-30-13-12-19(25-22(23)29)21(28)24-14-17-15-27(18-10-6-3-7-11-18)26-20(17)16-8-4-2-5-9-16/h2-11,15,19H,12-14H2,1H3,(H,24,28)(H3,23,25,29). The van der Waals surface area contributed by atoms with Crippen LogP contribution in [0.3, 0.4) is 0 Å². The van der Waals surface area contributed by atoms with E-state index < -0.39 is 12.1 Å². The van der Waals surface area contributed by atoms with Crippen molar-refractivity contribution in [2.24, 2.45) is 5.73 Å². The minimum absolute atomic E-state index is 0.269. The minimum atomic E-state index is -0.710. The Morgan fingerprint density at radius 3 is 2.40 bits per heavy atom. The second kappa shape index (κ2) is 10.5. The molecule has 0 aliphatic rings. The van der Waals surface area contributed by atoms with Crippen molar-refractivity contribution >= 4 is 23.7 Å². The highest BCUT2D eigenvalue weighted by Gasteiger charge is 2.20. The number of thioether (sulfide) groups is 1. The van der Waals surface area contributed by atoms with Gasteiger partial charge in [-0.2, -0.15) is 16.9 Å². The highest BCUT2D eigenvalue weighted by Crippen LogP contribution is 2.23. The molecule has 0 saturated heterocycles. The zero-order valence-corrected chi connectivity index (χ0v) is 17.6. The SMILES string of the molecule is CSCCC(NC(N)=O)C(=O)NCc1cn(-c2ccccc2)nc1-c1ccccc1. The summed E-state index contributed by atoms with van der Waals surface area (Å²) in [7, 11) is 0. The third kappa shape index (κ3) is 5.64. The molecule has 1 aromatic heterocycles. The van der Waals surface area contributed by atoms with Gasteiger partial charge in [0, 0.05) is 23.9 Å². The van der Waals surface area contributed by atoms with Crippen LogP contribution in [0.25, 0.3) is 16.9 Å². The summed E-state index contributed by atoms with van der Waals surface area (Å²) in [5.41, 5.74) is 8.79. The van der Waals surface area contributed by atoms with Crippen LogP contribution >= 0.6 is 11.8 Å². The molecule has 0 radical (unpaired) electrons. The molecular weight excluding hydrogens is 398 g/mol. The van der Waals surface area contributed by atoms with Crippen LogP contribution in [0.4, 0.5) is 4.79 Å². The predicted octanol–water partition coefficient (Wildman–Crippen LogP) is 2.95. The quantitative estimate of drug-likeness (QED) is 0.492. The third-order valence-electron chi connectivity index (χ3n) is 4.55. The molecule has 8 heteroatoms. The van der Waals surface area contributed by atoms with E-state index in [-0.39, 0.29) is 12.5 Å². The third-order valence-corrected chi connectivity index (χ3v) is 5.20. The molecule has 2 aromatic carbocycles. The lowest BCUT2D eigenvalue weighted by atomic mass is 10.1. The molecule has 3 amide bonds. The smallest absolute Gasteiger partial charge is 0.312 e. The first-order valence-electron chi connectivity index (χ1n) is 9.60. The molecule has 1 heterocycles. The molecule has 1 unspecified atom stereocenters. The van der Waals surface area contributed by atoms with E-state index in [0.717, 1.165) is 28.3 Å². The first kappa shape index (κ1) is 21.4. The molecule has 0 saturated carbocycles. The summed E-state index contributed by atoms with van der Waals surface area (Å²) in [6.07, 6.45) is 4.37. The Balaban J connectivity index is 1.82. The maximum Gasteiger partial charge on any atom is 0.312 e. The summed E-state index contributed by atoms with van der Waals surface area (Å²) in [5, 5.41) is 10.2. The van der Waals surface area contributed by atoms with Crippen LogP contribution in [-0.4, -0.2) is 39.8 Å². The normalized spacial score (nSPS) is 11.6. The topological polar surface area (TPSA) is 102 Å². The van der Waals surface area contributed by atoms with Crippen molar-refractivity contribution in [3.8, 4) is 16.9 Å². The fraction of sp³-hybridized carbons (Fsp3) is 0.227. The van der Waals surface area contributed by atoms with Crippen molar-refractivity contribution in [3.05, 3.63) is 72.4 Å². The van der Waals surface area contributed by atoms with Crippen molar-refractivity contribution in [1.82, 2.24) is 20.4 Å². The Bertz CT molecular complexity index is 976. The van der Waals surface area contributed by atoms with E-state index >= 15 is 0 Å². The molecule has 0 fully saturated rings. The molecule has 4 N–H and O–H groups in total. The lowest BCUT2D eigenvalue weighted by molar-refractivity contribution is -0.123. The van der Waals surface area contributed by atoms with E-state index in [9.17, 15) is 9.59 Å². The van der Waals surface area contributed by atoms with Gasteiger partial charge in [-0.15, -0.1) is 0 Å². The first-order valence-corrected chi connectivity index (χ1v) is 11.0. The average Bonchev–Trinajstić information content (AvgIpc) is 3.20. The molecular formula is C22H25N5O2S. The fourth-order valence-electron chi connectivity index (χ4n) is 3.07. The Hall–Kier alpha value is -3.26. The fourth-order valence-corrected chi connectivity index (χ4v) is 3.54. The molecule has 30 heavy (non-hydrogen) atoms. The largest absolute Gasteiger partial charge is 0.352 e. The molecule has 0 spiro atoms. The van der Waals surface area contributed by atoms with Crippen LogP contribution in [-0.2, 0) is 11.3 Å². The second-order valence-corrected chi connectivity index (χ2v) is 7.70. The number of nitrogens with two attached hydrogens (primary N) is 1. The summed E-state index contributed by atoms with van der Waals surface area (Å²) < 4.78 is 1.80. The summed E-state index contributed by atoms with van der Waals surface area (Å²) in [6, 6.07) is 18.2. The van der Waals surface area contributed by atoms with Crippen LogP contribution in [0.1, 0.15) is 12.0 Å². The van der Waals surface area contributed by atoms with Gasteiger partial charge in [0.25, 0.3) is 0 Å². The van der Waals surface area contributed by atoms with E-state index in [0.29, 0.717) is 6.42 Å². The lowest BCUT2D eigenvalue weighted by Crippen LogP contribution is -2.48.